The predicted octanol–water partition coefficient (Wildman–Crippen LogP) is 3.78. The van der Waals surface area contributed by atoms with Crippen LogP contribution in [0.4, 0.5) is 0 Å². The van der Waals surface area contributed by atoms with Crippen LogP contribution < -0.4 is 9.47 Å². The maximum Gasteiger partial charge on any atom is 0.231 e. The molecule has 19 heavy (non-hydrogen) atoms. The number of hydrogen-bond acceptors (Lipinski definition) is 3. The molecule has 0 saturated heterocycles. The van der Waals surface area contributed by atoms with E-state index in [0.717, 1.165) is 39.9 Å². The van der Waals surface area contributed by atoms with E-state index in [4.69, 9.17) is 9.47 Å². The maximum absolute atomic E-state index is 9.94. The third kappa shape index (κ3) is 2.74. The summed E-state index contributed by atoms with van der Waals surface area (Å²) < 4.78 is 11.7. The van der Waals surface area contributed by atoms with Crippen molar-refractivity contribution in [3.05, 3.63) is 33.9 Å². The molecule has 1 heterocycles. The normalized spacial score (nSPS) is 16.2. The molecule has 0 fully saturated rings. The second-order valence-electron chi connectivity index (χ2n) is 4.82. The Morgan fingerprint density at radius 2 is 2.16 bits per heavy atom. The fourth-order valence-corrected chi connectivity index (χ4v) is 3.12. The molecule has 1 aromatic carbocycles. The summed E-state index contributed by atoms with van der Waals surface area (Å²) in [6, 6.07) is 5.88. The first kappa shape index (κ1) is 14.7. The van der Waals surface area contributed by atoms with Gasteiger partial charge in [0.05, 0.1) is 6.61 Å². The summed E-state index contributed by atoms with van der Waals surface area (Å²) in [5.41, 5.74) is 0.657. The summed E-state index contributed by atoms with van der Waals surface area (Å²) >= 11 is 2.22. The Morgan fingerprint density at radius 1 is 1.42 bits per heavy atom. The van der Waals surface area contributed by atoms with Gasteiger partial charge in [0, 0.05) is 5.41 Å². The van der Waals surface area contributed by atoms with Crippen LogP contribution in [0.15, 0.2) is 28.4 Å². The average Bonchev–Trinajstić information content (AvgIpc) is 2.87. The number of unbranched alkanes of at least 4 members (excludes halogenated alkanes) is 1. The van der Waals surface area contributed by atoms with Crippen LogP contribution in [0.3, 0.4) is 0 Å². The molecule has 2 rings (SSSR count). The largest absolute Gasteiger partial charge is 0.454 e. The second kappa shape index (κ2) is 6.13. The van der Waals surface area contributed by atoms with Gasteiger partial charge in [0.2, 0.25) is 6.79 Å². The molecule has 1 unspecified atom stereocenters. The Bertz CT molecular complexity index is 472. The molecule has 0 saturated carbocycles. The van der Waals surface area contributed by atoms with Gasteiger partial charge in [-0.3, -0.25) is 0 Å². The van der Waals surface area contributed by atoms with Gasteiger partial charge in [0.15, 0.2) is 11.5 Å². The van der Waals surface area contributed by atoms with Crippen LogP contribution in [-0.2, 0) is 5.41 Å². The molecule has 104 valence electrons. The SMILES string of the molecule is C=C(I)C(CO)(CCCC)c1ccc2c(c1)OCO2. The summed E-state index contributed by atoms with van der Waals surface area (Å²) in [5, 5.41) is 9.94. The summed E-state index contributed by atoms with van der Waals surface area (Å²) in [6.07, 6.45) is 3.04. The summed E-state index contributed by atoms with van der Waals surface area (Å²) in [7, 11) is 0. The number of hydrogen-bond donors (Lipinski definition) is 1. The van der Waals surface area contributed by atoms with E-state index in [1.54, 1.807) is 0 Å². The minimum absolute atomic E-state index is 0.0639. The molecule has 0 bridgehead atoms. The topological polar surface area (TPSA) is 38.7 Å². The highest BCUT2D eigenvalue weighted by Gasteiger charge is 2.34. The van der Waals surface area contributed by atoms with Crippen LogP contribution in [0.25, 0.3) is 0 Å². The number of rotatable bonds is 6. The summed E-state index contributed by atoms with van der Waals surface area (Å²) in [5.74, 6) is 1.52. The number of aliphatic hydroxyl groups is 1. The zero-order chi connectivity index (χ0) is 13.9. The van der Waals surface area contributed by atoms with Gasteiger partial charge < -0.3 is 14.6 Å². The third-order valence-electron chi connectivity index (χ3n) is 3.67. The Morgan fingerprint density at radius 3 is 2.79 bits per heavy atom. The lowest BCUT2D eigenvalue weighted by Gasteiger charge is -2.32. The molecule has 4 heteroatoms. The molecular weight excluding hydrogens is 355 g/mol. The minimum Gasteiger partial charge on any atom is -0.454 e. The van der Waals surface area contributed by atoms with E-state index >= 15 is 0 Å². The second-order valence-corrected chi connectivity index (χ2v) is 6.12. The molecule has 0 aliphatic carbocycles. The molecule has 1 aromatic rings. The predicted molar refractivity (Wildman–Crippen MR) is 84.0 cm³/mol. The molecule has 1 N–H and O–H groups in total. The summed E-state index contributed by atoms with van der Waals surface area (Å²) in [4.78, 5) is 0. The maximum atomic E-state index is 9.94. The van der Waals surface area contributed by atoms with Crippen molar-refractivity contribution >= 4 is 22.6 Å². The average molecular weight is 374 g/mol. The van der Waals surface area contributed by atoms with Gasteiger partial charge >= 0.3 is 0 Å². The Hall–Kier alpha value is -0.750. The number of benzene rings is 1. The van der Waals surface area contributed by atoms with E-state index < -0.39 is 5.41 Å². The van der Waals surface area contributed by atoms with Crippen LogP contribution in [0, 0.1) is 0 Å². The van der Waals surface area contributed by atoms with Gasteiger partial charge in [0.25, 0.3) is 0 Å². The van der Waals surface area contributed by atoms with Gasteiger partial charge in [-0.15, -0.1) is 0 Å². The van der Waals surface area contributed by atoms with E-state index in [1.165, 1.54) is 0 Å². The smallest absolute Gasteiger partial charge is 0.231 e. The van der Waals surface area contributed by atoms with Gasteiger partial charge in [-0.2, -0.15) is 0 Å². The van der Waals surface area contributed by atoms with Crippen molar-refractivity contribution in [2.45, 2.75) is 31.6 Å². The van der Waals surface area contributed by atoms with Crippen LogP contribution in [0.1, 0.15) is 31.7 Å². The minimum atomic E-state index is -0.391. The van der Waals surface area contributed by atoms with Gasteiger partial charge in [-0.05, 0) is 50.3 Å². The Kier molecular flexibility index (Phi) is 4.73. The highest BCUT2D eigenvalue weighted by atomic mass is 127. The first-order valence-corrected chi connectivity index (χ1v) is 7.58. The fourth-order valence-electron chi connectivity index (χ4n) is 2.37. The first-order valence-electron chi connectivity index (χ1n) is 6.50. The zero-order valence-corrected chi connectivity index (χ0v) is 13.3. The molecule has 0 amide bonds. The molecule has 1 aliphatic rings. The molecule has 0 radical (unpaired) electrons. The van der Waals surface area contributed by atoms with Crippen LogP contribution in [-0.4, -0.2) is 18.5 Å². The highest BCUT2D eigenvalue weighted by molar-refractivity contribution is 14.1. The standard InChI is InChI=1S/C15H19IO3/c1-3-4-7-15(9-17,11(2)16)12-5-6-13-14(8-12)19-10-18-13/h5-6,8,17H,2-4,7,9-10H2,1H3. The molecule has 1 aliphatic heterocycles. The molecular formula is C15H19IO3. The highest BCUT2D eigenvalue weighted by Crippen LogP contribution is 2.43. The van der Waals surface area contributed by atoms with Gasteiger partial charge in [-0.1, -0.05) is 32.4 Å². The molecule has 1 atom stereocenters. The van der Waals surface area contributed by atoms with E-state index in [1.807, 2.05) is 18.2 Å². The van der Waals surface area contributed by atoms with Crippen LogP contribution in [0.2, 0.25) is 0 Å². The lowest BCUT2D eigenvalue weighted by Crippen LogP contribution is -2.30. The van der Waals surface area contributed by atoms with Crippen molar-refractivity contribution in [1.29, 1.82) is 0 Å². The molecule has 3 nitrogen and oxygen atoms in total. The number of aliphatic hydroxyl groups excluding tert-OH is 1. The van der Waals surface area contributed by atoms with E-state index in [-0.39, 0.29) is 13.4 Å². The van der Waals surface area contributed by atoms with Crippen molar-refractivity contribution in [1.82, 2.24) is 0 Å². The zero-order valence-electron chi connectivity index (χ0n) is 11.1. The number of fused-ring (bicyclic) bond motifs is 1. The number of ether oxygens (including phenoxy) is 2. The van der Waals surface area contributed by atoms with Crippen molar-refractivity contribution in [2.75, 3.05) is 13.4 Å². The molecule has 0 spiro atoms. The lowest BCUT2D eigenvalue weighted by atomic mass is 9.77. The van der Waals surface area contributed by atoms with E-state index in [2.05, 4.69) is 36.1 Å². The lowest BCUT2D eigenvalue weighted by molar-refractivity contribution is 0.173. The van der Waals surface area contributed by atoms with Gasteiger partial charge in [0.1, 0.15) is 0 Å². The van der Waals surface area contributed by atoms with Crippen molar-refractivity contribution in [2.24, 2.45) is 0 Å². The van der Waals surface area contributed by atoms with Gasteiger partial charge in [-0.25, -0.2) is 0 Å². The fraction of sp³-hybridized carbons (Fsp3) is 0.467. The monoisotopic (exact) mass is 374 g/mol. The van der Waals surface area contributed by atoms with Crippen molar-refractivity contribution < 1.29 is 14.6 Å². The molecule has 0 aromatic heterocycles. The van der Waals surface area contributed by atoms with Crippen LogP contribution in [0.5, 0.6) is 11.5 Å². The quantitative estimate of drug-likeness (QED) is 0.771. The summed E-state index contributed by atoms with van der Waals surface area (Å²) in [6.45, 7) is 6.56. The van der Waals surface area contributed by atoms with E-state index in [9.17, 15) is 5.11 Å². The van der Waals surface area contributed by atoms with E-state index in [0.29, 0.717) is 0 Å². The number of halogens is 1. The Labute approximate surface area is 127 Å². The third-order valence-corrected chi connectivity index (χ3v) is 4.70. The Balaban J connectivity index is 2.39. The van der Waals surface area contributed by atoms with Crippen molar-refractivity contribution in [3.8, 4) is 11.5 Å². The van der Waals surface area contributed by atoms with Crippen LogP contribution >= 0.6 is 22.6 Å². The first-order chi connectivity index (χ1) is 9.14. The van der Waals surface area contributed by atoms with Crippen molar-refractivity contribution in [3.63, 3.8) is 0 Å².